The second-order valence-electron chi connectivity index (χ2n) is 7.66. The van der Waals surface area contributed by atoms with Gasteiger partial charge in [0, 0.05) is 52.4 Å². The summed E-state index contributed by atoms with van der Waals surface area (Å²) in [5, 5.41) is 20.8. The summed E-state index contributed by atoms with van der Waals surface area (Å²) in [6.45, 7) is 2.43. The quantitative estimate of drug-likeness (QED) is 0.258. The summed E-state index contributed by atoms with van der Waals surface area (Å²) in [4.78, 5) is 64.3. The highest BCUT2D eigenvalue weighted by Crippen LogP contribution is 2.09. The second-order valence-corrected chi connectivity index (χ2v) is 7.66. The SMILES string of the molecule is NC1CC(=O)N(CCNC(=O)CN2CCN(CC(=O)O)CCN(CC(=O)O)CC2)C1=O. The second kappa shape index (κ2) is 11.7. The van der Waals surface area contributed by atoms with Gasteiger partial charge in [-0.1, -0.05) is 0 Å². The lowest BCUT2D eigenvalue weighted by Gasteiger charge is -2.24. The van der Waals surface area contributed by atoms with Crippen LogP contribution in [0.4, 0.5) is 0 Å². The van der Waals surface area contributed by atoms with E-state index in [1.54, 1.807) is 9.80 Å². The van der Waals surface area contributed by atoms with E-state index < -0.39 is 23.9 Å². The third-order valence-electron chi connectivity index (χ3n) is 5.22. The summed E-state index contributed by atoms with van der Waals surface area (Å²) >= 11 is 0. The summed E-state index contributed by atoms with van der Waals surface area (Å²) in [6.07, 6.45) is -0.0275. The highest BCUT2D eigenvalue weighted by Gasteiger charge is 2.35. The van der Waals surface area contributed by atoms with Crippen molar-refractivity contribution in [2.45, 2.75) is 12.5 Å². The zero-order valence-electron chi connectivity index (χ0n) is 17.4. The van der Waals surface area contributed by atoms with Gasteiger partial charge in [0.2, 0.25) is 17.7 Å². The molecule has 2 rings (SSSR count). The van der Waals surface area contributed by atoms with Crippen molar-refractivity contribution in [1.29, 1.82) is 0 Å². The van der Waals surface area contributed by atoms with Gasteiger partial charge in [0.25, 0.3) is 0 Å². The Labute approximate surface area is 179 Å². The van der Waals surface area contributed by atoms with Gasteiger partial charge in [-0.15, -0.1) is 0 Å². The molecule has 0 aliphatic carbocycles. The lowest BCUT2D eigenvalue weighted by atomic mass is 10.3. The minimum absolute atomic E-state index is 0.0275. The molecule has 0 aromatic carbocycles. The standard InChI is InChI=1S/C18H30N6O7/c19-13-9-15(26)24(18(13)31)2-1-20-14(25)10-21-3-5-22(11-16(27)28)7-8-23(6-4-21)12-17(29)30/h13H,1-12,19H2,(H,20,25)(H,27,28)(H,29,30). The molecular weight excluding hydrogens is 412 g/mol. The largest absolute Gasteiger partial charge is 0.480 e. The number of carboxylic acid groups (broad SMARTS) is 2. The lowest BCUT2D eigenvalue weighted by Crippen LogP contribution is -2.45. The number of nitrogens with one attached hydrogen (secondary N) is 1. The number of carbonyl (C=O) groups is 5. The molecule has 0 radical (unpaired) electrons. The van der Waals surface area contributed by atoms with E-state index in [-0.39, 0.29) is 51.0 Å². The van der Waals surface area contributed by atoms with E-state index >= 15 is 0 Å². The maximum absolute atomic E-state index is 12.3. The number of amides is 3. The molecule has 3 amide bonds. The Morgan fingerprint density at radius 1 is 0.871 bits per heavy atom. The number of nitrogens with zero attached hydrogens (tertiary/aromatic N) is 4. The van der Waals surface area contributed by atoms with Crippen LogP contribution in [0.3, 0.4) is 0 Å². The molecule has 0 saturated carbocycles. The van der Waals surface area contributed by atoms with Gasteiger partial charge in [-0.2, -0.15) is 0 Å². The molecule has 2 fully saturated rings. The predicted molar refractivity (Wildman–Crippen MR) is 107 cm³/mol. The van der Waals surface area contributed by atoms with Crippen LogP contribution in [0.2, 0.25) is 0 Å². The summed E-state index contributed by atoms with van der Waals surface area (Å²) in [5.41, 5.74) is 5.55. The number of rotatable bonds is 9. The van der Waals surface area contributed by atoms with Crippen molar-refractivity contribution in [3.63, 3.8) is 0 Å². The molecule has 1 unspecified atom stereocenters. The molecule has 5 N–H and O–H groups in total. The first-order valence-corrected chi connectivity index (χ1v) is 10.1. The van der Waals surface area contributed by atoms with Crippen LogP contribution in [0.1, 0.15) is 6.42 Å². The van der Waals surface area contributed by atoms with Crippen LogP contribution in [-0.2, 0) is 24.0 Å². The van der Waals surface area contributed by atoms with E-state index in [0.717, 1.165) is 4.90 Å². The zero-order chi connectivity index (χ0) is 23.0. The average molecular weight is 442 g/mol. The van der Waals surface area contributed by atoms with Crippen LogP contribution in [-0.4, -0.2) is 138 Å². The van der Waals surface area contributed by atoms with Crippen molar-refractivity contribution >= 4 is 29.7 Å². The van der Waals surface area contributed by atoms with Crippen LogP contribution in [0.15, 0.2) is 0 Å². The molecule has 2 saturated heterocycles. The van der Waals surface area contributed by atoms with Crippen LogP contribution in [0.25, 0.3) is 0 Å². The van der Waals surface area contributed by atoms with Crippen molar-refractivity contribution in [3.05, 3.63) is 0 Å². The molecule has 2 heterocycles. The van der Waals surface area contributed by atoms with Crippen LogP contribution in [0, 0.1) is 0 Å². The third-order valence-corrected chi connectivity index (χ3v) is 5.22. The van der Waals surface area contributed by atoms with E-state index in [9.17, 15) is 24.0 Å². The number of likely N-dealkylation sites (tertiary alicyclic amines) is 1. The van der Waals surface area contributed by atoms with Gasteiger partial charge in [-0.05, 0) is 0 Å². The fourth-order valence-electron chi connectivity index (χ4n) is 3.55. The highest BCUT2D eigenvalue weighted by molar-refractivity contribution is 6.05. The molecule has 1 atom stereocenters. The normalized spacial score (nSPS) is 22.1. The number of hydrogen-bond acceptors (Lipinski definition) is 9. The van der Waals surface area contributed by atoms with Crippen LogP contribution >= 0.6 is 0 Å². The molecule has 0 spiro atoms. The van der Waals surface area contributed by atoms with Crippen molar-refractivity contribution in [1.82, 2.24) is 24.9 Å². The van der Waals surface area contributed by atoms with Gasteiger partial charge in [-0.25, -0.2) is 0 Å². The van der Waals surface area contributed by atoms with Gasteiger partial charge >= 0.3 is 11.9 Å². The van der Waals surface area contributed by atoms with E-state index in [1.807, 2.05) is 4.90 Å². The van der Waals surface area contributed by atoms with Gasteiger partial charge in [0.15, 0.2) is 0 Å². The Bertz CT molecular complexity index is 675. The summed E-state index contributed by atoms with van der Waals surface area (Å²) in [7, 11) is 0. The lowest BCUT2D eigenvalue weighted by molar-refractivity contribution is -0.140. The van der Waals surface area contributed by atoms with Crippen LogP contribution < -0.4 is 11.1 Å². The Kier molecular flexibility index (Phi) is 9.30. The zero-order valence-corrected chi connectivity index (χ0v) is 17.4. The first kappa shape index (κ1) is 24.7. The number of carboxylic acids is 2. The monoisotopic (exact) mass is 442 g/mol. The van der Waals surface area contributed by atoms with Gasteiger partial charge in [0.1, 0.15) is 0 Å². The fraction of sp³-hybridized carbons (Fsp3) is 0.722. The van der Waals surface area contributed by atoms with Gasteiger partial charge in [-0.3, -0.25) is 43.6 Å². The van der Waals surface area contributed by atoms with E-state index in [2.05, 4.69) is 5.32 Å². The van der Waals surface area contributed by atoms with Gasteiger partial charge in [0.05, 0.1) is 32.1 Å². The fourth-order valence-corrected chi connectivity index (χ4v) is 3.55. The number of hydrogen-bond donors (Lipinski definition) is 4. The maximum Gasteiger partial charge on any atom is 0.317 e. The molecule has 13 nitrogen and oxygen atoms in total. The topological polar surface area (TPSA) is 177 Å². The molecule has 0 bridgehead atoms. The molecular formula is C18H30N6O7. The predicted octanol–water partition coefficient (Wildman–Crippen LogP) is -3.72. The summed E-state index contributed by atoms with van der Waals surface area (Å²) in [6, 6.07) is -0.823. The summed E-state index contributed by atoms with van der Waals surface area (Å²) < 4.78 is 0. The molecule has 2 aliphatic rings. The van der Waals surface area contributed by atoms with Crippen molar-refractivity contribution in [2.24, 2.45) is 5.73 Å². The maximum atomic E-state index is 12.3. The molecule has 0 aromatic rings. The Balaban J connectivity index is 1.86. The molecule has 0 aromatic heterocycles. The number of carbonyl (C=O) groups excluding carboxylic acids is 3. The Hall–Kier alpha value is -2.61. The highest BCUT2D eigenvalue weighted by atomic mass is 16.4. The molecule has 31 heavy (non-hydrogen) atoms. The smallest absolute Gasteiger partial charge is 0.317 e. The van der Waals surface area contributed by atoms with Gasteiger partial charge < -0.3 is 21.3 Å². The first-order valence-electron chi connectivity index (χ1n) is 10.1. The van der Waals surface area contributed by atoms with Crippen LogP contribution in [0.5, 0.6) is 0 Å². The molecule has 2 aliphatic heterocycles. The Morgan fingerprint density at radius 3 is 1.71 bits per heavy atom. The number of nitrogens with two attached hydrogens (primary N) is 1. The summed E-state index contributed by atoms with van der Waals surface area (Å²) in [5.74, 6) is -3.06. The van der Waals surface area contributed by atoms with Crippen molar-refractivity contribution in [3.8, 4) is 0 Å². The van der Waals surface area contributed by atoms with E-state index in [1.165, 1.54) is 0 Å². The Morgan fingerprint density at radius 2 is 1.32 bits per heavy atom. The first-order chi connectivity index (χ1) is 14.7. The van der Waals surface area contributed by atoms with E-state index in [4.69, 9.17) is 15.9 Å². The minimum Gasteiger partial charge on any atom is -0.480 e. The van der Waals surface area contributed by atoms with E-state index in [0.29, 0.717) is 39.3 Å². The number of imide groups is 1. The van der Waals surface area contributed by atoms with Crippen molar-refractivity contribution < 1.29 is 34.2 Å². The number of aliphatic carboxylic acids is 2. The van der Waals surface area contributed by atoms with Crippen molar-refractivity contribution in [2.75, 3.05) is 72.0 Å². The molecule has 174 valence electrons. The minimum atomic E-state index is -0.973. The third kappa shape index (κ3) is 8.20. The molecule has 13 heteroatoms. The average Bonchev–Trinajstić information content (AvgIpc) is 2.96.